The molecule has 6 heteroatoms. The Labute approximate surface area is 169 Å². The third-order valence-electron chi connectivity index (χ3n) is 4.35. The Kier molecular flexibility index (Phi) is 6.16. The third kappa shape index (κ3) is 4.43. The number of nitrogens with one attached hydrogen (secondary N) is 1. The van der Waals surface area contributed by atoms with E-state index in [1.165, 1.54) is 0 Å². The van der Waals surface area contributed by atoms with Gasteiger partial charge in [-0.2, -0.15) is 5.10 Å². The molecule has 0 spiro atoms. The maximum Gasteiger partial charge on any atom is 0.271 e. The van der Waals surface area contributed by atoms with Crippen LogP contribution >= 0.6 is 11.6 Å². The Morgan fingerprint density at radius 2 is 1.82 bits per heavy atom. The summed E-state index contributed by atoms with van der Waals surface area (Å²) < 4.78 is 7.64. The molecule has 0 aliphatic carbocycles. The van der Waals surface area contributed by atoms with Gasteiger partial charge in [0.15, 0.2) is 0 Å². The lowest BCUT2D eigenvalue weighted by atomic mass is 10.2. The molecule has 0 aliphatic heterocycles. The Morgan fingerprint density at radius 3 is 2.46 bits per heavy atom. The Morgan fingerprint density at radius 1 is 1.14 bits per heavy atom. The topological polar surface area (TPSA) is 55.6 Å². The molecule has 3 rings (SSSR count). The van der Waals surface area contributed by atoms with Crippen LogP contribution in [0.25, 0.3) is 5.69 Å². The van der Waals surface area contributed by atoms with E-state index in [9.17, 15) is 4.79 Å². The molecule has 0 atom stereocenters. The molecule has 1 N–H and O–H groups in total. The number of aromatic nitrogens is 1. The van der Waals surface area contributed by atoms with Gasteiger partial charge in [0.1, 0.15) is 5.75 Å². The van der Waals surface area contributed by atoms with Crippen molar-refractivity contribution in [3.63, 3.8) is 0 Å². The molecule has 1 amide bonds. The number of hydrazone groups is 1. The van der Waals surface area contributed by atoms with Gasteiger partial charge in [-0.1, -0.05) is 11.6 Å². The van der Waals surface area contributed by atoms with Gasteiger partial charge in [-0.15, -0.1) is 0 Å². The van der Waals surface area contributed by atoms with Crippen molar-refractivity contribution in [3.8, 4) is 11.4 Å². The molecule has 144 valence electrons. The number of nitrogens with zero attached hydrogens (tertiary/aromatic N) is 2. The first-order chi connectivity index (χ1) is 13.5. The fourth-order valence-electron chi connectivity index (χ4n) is 3.00. The van der Waals surface area contributed by atoms with Crippen molar-refractivity contribution in [3.05, 3.63) is 82.1 Å². The lowest BCUT2D eigenvalue weighted by molar-refractivity contribution is 0.0955. The molecule has 0 saturated carbocycles. The lowest BCUT2D eigenvalue weighted by Crippen LogP contribution is -2.17. The highest BCUT2D eigenvalue weighted by molar-refractivity contribution is 6.30. The normalized spacial score (nSPS) is 11.0. The van der Waals surface area contributed by atoms with Crippen molar-refractivity contribution in [1.82, 2.24) is 9.99 Å². The average Bonchev–Trinajstić information content (AvgIpc) is 2.97. The highest BCUT2D eigenvalue weighted by Crippen LogP contribution is 2.22. The molecule has 2 aromatic carbocycles. The molecule has 5 nitrogen and oxygen atoms in total. The fraction of sp³-hybridized carbons (Fsp3) is 0.182. The minimum absolute atomic E-state index is 0.284. The van der Waals surface area contributed by atoms with Gasteiger partial charge in [-0.25, -0.2) is 5.43 Å². The summed E-state index contributed by atoms with van der Waals surface area (Å²) in [5.41, 5.74) is 7.13. The largest absolute Gasteiger partial charge is 0.494 e. The second-order valence-electron chi connectivity index (χ2n) is 6.29. The van der Waals surface area contributed by atoms with E-state index in [0.29, 0.717) is 17.2 Å². The van der Waals surface area contributed by atoms with Gasteiger partial charge in [0.25, 0.3) is 5.91 Å². The number of carbonyl (C=O) groups excluding carboxylic acids is 1. The van der Waals surface area contributed by atoms with Gasteiger partial charge in [0.05, 0.1) is 12.8 Å². The Hall–Kier alpha value is -3.05. The summed E-state index contributed by atoms with van der Waals surface area (Å²) in [6.45, 7) is 6.66. The number of benzene rings is 2. The number of aryl methyl sites for hydroxylation is 1. The lowest BCUT2D eigenvalue weighted by Gasteiger charge is -2.10. The molecule has 3 aromatic rings. The van der Waals surface area contributed by atoms with Crippen molar-refractivity contribution in [2.45, 2.75) is 20.8 Å². The summed E-state index contributed by atoms with van der Waals surface area (Å²) in [6.07, 6.45) is 1.65. The zero-order valence-electron chi connectivity index (χ0n) is 16.1. The van der Waals surface area contributed by atoms with Gasteiger partial charge in [-0.3, -0.25) is 4.79 Å². The van der Waals surface area contributed by atoms with Crippen molar-refractivity contribution in [2.24, 2.45) is 5.10 Å². The standard InChI is InChI=1S/C22H22ClN3O2/c1-4-28-21-11-9-20(10-12-21)26-15(2)13-18(16(26)3)14-24-25-22(27)17-5-7-19(23)8-6-17/h5-14H,4H2,1-3H3,(H,25,27)/b24-14-. The molecule has 0 aliphatic rings. The highest BCUT2D eigenvalue weighted by atomic mass is 35.5. The van der Waals surface area contributed by atoms with E-state index in [-0.39, 0.29) is 5.91 Å². The zero-order valence-corrected chi connectivity index (χ0v) is 16.8. The van der Waals surface area contributed by atoms with Gasteiger partial charge in [0.2, 0.25) is 0 Å². The second kappa shape index (κ2) is 8.76. The molecule has 0 fully saturated rings. The molecular formula is C22H22ClN3O2. The van der Waals surface area contributed by atoms with Gasteiger partial charge in [0, 0.05) is 33.2 Å². The monoisotopic (exact) mass is 395 g/mol. The molecule has 0 unspecified atom stereocenters. The van der Waals surface area contributed by atoms with Crippen molar-refractivity contribution in [1.29, 1.82) is 0 Å². The van der Waals surface area contributed by atoms with Crippen LogP contribution in [0.2, 0.25) is 5.02 Å². The number of carbonyl (C=O) groups is 1. The second-order valence-corrected chi connectivity index (χ2v) is 6.73. The number of ether oxygens (including phenoxy) is 1. The van der Waals surface area contributed by atoms with Crippen LogP contribution < -0.4 is 10.2 Å². The van der Waals surface area contributed by atoms with E-state index in [0.717, 1.165) is 28.4 Å². The number of rotatable bonds is 6. The number of hydrogen-bond acceptors (Lipinski definition) is 3. The maximum absolute atomic E-state index is 12.1. The van der Waals surface area contributed by atoms with E-state index in [1.807, 2.05) is 51.1 Å². The summed E-state index contributed by atoms with van der Waals surface area (Å²) in [4.78, 5) is 12.1. The molecule has 28 heavy (non-hydrogen) atoms. The molecule has 0 saturated heterocycles. The van der Waals surface area contributed by atoms with E-state index in [2.05, 4.69) is 15.1 Å². The van der Waals surface area contributed by atoms with Crippen LogP contribution in [0.3, 0.4) is 0 Å². The number of halogens is 1. The Balaban J connectivity index is 1.75. The quantitative estimate of drug-likeness (QED) is 0.476. The van der Waals surface area contributed by atoms with Gasteiger partial charge >= 0.3 is 0 Å². The number of amides is 1. The van der Waals surface area contributed by atoms with Crippen LogP contribution in [0.5, 0.6) is 5.75 Å². The summed E-state index contributed by atoms with van der Waals surface area (Å²) in [6, 6.07) is 16.6. The predicted molar refractivity (Wildman–Crippen MR) is 113 cm³/mol. The summed E-state index contributed by atoms with van der Waals surface area (Å²) in [7, 11) is 0. The Bertz CT molecular complexity index is 990. The SMILES string of the molecule is CCOc1ccc(-n2c(C)cc(/C=N\NC(=O)c3ccc(Cl)cc3)c2C)cc1. The van der Waals surface area contributed by atoms with Crippen LogP contribution in [0.4, 0.5) is 0 Å². The third-order valence-corrected chi connectivity index (χ3v) is 4.60. The number of hydrogen-bond donors (Lipinski definition) is 1. The van der Waals surface area contributed by atoms with Crippen LogP contribution in [-0.4, -0.2) is 23.3 Å². The van der Waals surface area contributed by atoms with Crippen LogP contribution in [-0.2, 0) is 0 Å². The van der Waals surface area contributed by atoms with Crippen molar-refractivity contribution >= 4 is 23.7 Å². The minimum Gasteiger partial charge on any atom is -0.494 e. The van der Waals surface area contributed by atoms with E-state index >= 15 is 0 Å². The first-order valence-electron chi connectivity index (χ1n) is 9.00. The molecular weight excluding hydrogens is 374 g/mol. The van der Waals surface area contributed by atoms with Crippen LogP contribution in [0.15, 0.2) is 59.7 Å². The van der Waals surface area contributed by atoms with Gasteiger partial charge < -0.3 is 9.30 Å². The minimum atomic E-state index is -0.284. The maximum atomic E-state index is 12.1. The smallest absolute Gasteiger partial charge is 0.271 e. The van der Waals surface area contributed by atoms with Gasteiger partial charge in [-0.05, 0) is 75.4 Å². The molecule has 1 aromatic heterocycles. The summed E-state index contributed by atoms with van der Waals surface area (Å²) in [5.74, 6) is 0.564. The summed E-state index contributed by atoms with van der Waals surface area (Å²) in [5, 5.41) is 4.68. The molecule has 0 bridgehead atoms. The first-order valence-corrected chi connectivity index (χ1v) is 9.38. The molecule has 1 heterocycles. The molecule has 0 radical (unpaired) electrons. The average molecular weight is 396 g/mol. The predicted octanol–water partition coefficient (Wildman–Crippen LogP) is 4.91. The van der Waals surface area contributed by atoms with Crippen LogP contribution in [0.1, 0.15) is 34.2 Å². The van der Waals surface area contributed by atoms with Crippen LogP contribution in [0, 0.1) is 13.8 Å². The van der Waals surface area contributed by atoms with E-state index in [4.69, 9.17) is 16.3 Å². The zero-order chi connectivity index (χ0) is 20.1. The van der Waals surface area contributed by atoms with Crippen molar-refractivity contribution < 1.29 is 9.53 Å². The van der Waals surface area contributed by atoms with E-state index in [1.54, 1.807) is 30.5 Å². The highest BCUT2D eigenvalue weighted by Gasteiger charge is 2.10. The van der Waals surface area contributed by atoms with Crippen molar-refractivity contribution in [2.75, 3.05) is 6.61 Å². The summed E-state index contributed by atoms with van der Waals surface area (Å²) >= 11 is 5.84. The van der Waals surface area contributed by atoms with E-state index < -0.39 is 0 Å². The first kappa shape index (κ1) is 19.7. The fourth-order valence-corrected chi connectivity index (χ4v) is 3.13.